The molecule has 4 heteroatoms. The Kier molecular flexibility index (Phi) is 5.77. The first-order valence-corrected chi connectivity index (χ1v) is 7.38. The molecule has 0 saturated heterocycles. The first-order valence-electron chi connectivity index (χ1n) is 7.38. The van der Waals surface area contributed by atoms with Crippen LogP contribution in [0.4, 0.5) is 4.39 Å². The quantitative estimate of drug-likeness (QED) is 0.840. The molecule has 0 unspecified atom stereocenters. The van der Waals surface area contributed by atoms with Gasteiger partial charge in [0.25, 0.3) is 5.91 Å². The van der Waals surface area contributed by atoms with Gasteiger partial charge in [-0.25, -0.2) is 4.39 Å². The third-order valence-electron chi connectivity index (χ3n) is 3.81. The smallest absolute Gasteiger partial charge is 0.251 e. The summed E-state index contributed by atoms with van der Waals surface area (Å²) >= 11 is 0. The van der Waals surface area contributed by atoms with Gasteiger partial charge in [0.2, 0.25) is 0 Å². The molecule has 1 aliphatic carbocycles. The van der Waals surface area contributed by atoms with Crippen molar-refractivity contribution in [2.24, 2.45) is 5.92 Å². The van der Waals surface area contributed by atoms with Crippen LogP contribution in [0, 0.1) is 23.6 Å². The lowest BCUT2D eigenvalue weighted by molar-refractivity contribution is 0.0943. The minimum absolute atomic E-state index is 0.188. The van der Waals surface area contributed by atoms with Crippen molar-refractivity contribution in [3.63, 3.8) is 0 Å². The molecule has 0 heterocycles. The van der Waals surface area contributed by atoms with Gasteiger partial charge in [-0.05, 0) is 37.0 Å². The zero-order chi connectivity index (χ0) is 15.1. The number of amides is 1. The highest BCUT2D eigenvalue weighted by molar-refractivity contribution is 5.94. The predicted molar refractivity (Wildman–Crippen MR) is 79.3 cm³/mol. The van der Waals surface area contributed by atoms with Gasteiger partial charge >= 0.3 is 0 Å². The molecule has 1 saturated carbocycles. The van der Waals surface area contributed by atoms with Crippen molar-refractivity contribution in [2.45, 2.75) is 32.1 Å². The molecule has 1 aliphatic rings. The van der Waals surface area contributed by atoms with Crippen molar-refractivity contribution in [1.82, 2.24) is 5.32 Å². The summed E-state index contributed by atoms with van der Waals surface area (Å²) in [4.78, 5) is 12.0. The number of halogens is 1. The average molecular weight is 289 g/mol. The van der Waals surface area contributed by atoms with E-state index >= 15 is 0 Å². The van der Waals surface area contributed by atoms with Crippen LogP contribution in [0.25, 0.3) is 0 Å². The Balaban J connectivity index is 1.94. The second-order valence-electron chi connectivity index (χ2n) is 5.37. The Bertz CT molecular complexity index is 554. The van der Waals surface area contributed by atoms with Crippen LogP contribution in [-0.2, 0) is 0 Å². The zero-order valence-corrected chi connectivity index (χ0v) is 12.0. The molecule has 2 rings (SSSR count). The molecule has 1 aromatic rings. The van der Waals surface area contributed by atoms with Crippen LogP contribution in [0.2, 0.25) is 0 Å². The molecule has 0 atom stereocenters. The average Bonchev–Trinajstić information content (AvgIpc) is 2.52. The van der Waals surface area contributed by atoms with Crippen LogP contribution in [-0.4, -0.2) is 24.2 Å². The summed E-state index contributed by atoms with van der Waals surface area (Å²) in [5.41, 5.74) is 0.491. The van der Waals surface area contributed by atoms with Crippen LogP contribution in [0.15, 0.2) is 18.2 Å². The van der Waals surface area contributed by atoms with Crippen molar-refractivity contribution < 1.29 is 14.3 Å². The Hall–Kier alpha value is -1.86. The van der Waals surface area contributed by atoms with E-state index < -0.39 is 5.82 Å². The first-order chi connectivity index (χ1) is 10.2. The maximum atomic E-state index is 13.8. The monoisotopic (exact) mass is 289 g/mol. The van der Waals surface area contributed by atoms with E-state index in [1.54, 1.807) is 6.07 Å². The zero-order valence-electron chi connectivity index (χ0n) is 12.0. The second-order valence-corrected chi connectivity index (χ2v) is 5.37. The minimum atomic E-state index is -0.540. The molecule has 3 nitrogen and oxygen atoms in total. The number of benzene rings is 1. The molecule has 112 valence electrons. The molecule has 2 N–H and O–H groups in total. The number of aliphatic hydroxyl groups is 1. The molecule has 1 fully saturated rings. The van der Waals surface area contributed by atoms with Crippen molar-refractivity contribution in [3.05, 3.63) is 35.1 Å². The Morgan fingerprint density at radius 2 is 2.10 bits per heavy atom. The van der Waals surface area contributed by atoms with Crippen molar-refractivity contribution in [1.29, 1.82) is 0 Å². The fraction of sp³-hybridized carbons (Fsp3) is 0.471. The molecule has 0 spiro atoms. The van der Waals surface area contributed by atoms with E-state index in [2.05, 4.69) is 17.2 Å². The largest absolute Gasteiger partial charge is 0.384 e. The van der Waals surface area contributed by atoms with Gasteiger partial charge in [-0.3, -0.25) is 4.79 Å². The topological polar surface area (TPSA) is 49.3 Å². The van der Waals surface area contributed by atoms with Crippen LogP contribution in [0.3, 0.4) is 0 Å². The highest BCUT2D eigenvalue weighted by Crippen LogP contribution is 2.22. The van der Waals surface area contributed by atoms with Gasteiger partial charge < -0.3 is 10.4 Å². The fourth-order valence-corrected chi connectivity index (χ4v) is 2.62. The lowest BCUT2D eigenvalue weighted by atomic mass is 9.89. The Morgan fingerprint density at radius 1 is 1.33 bits per heavy atom. The molecule has 0 aromatic heterocycles. The van der Waals surface area contributed by atoms with Crippen LogP contribution in [0.5, 0.6) is 0 Å². The summed E-state index contributed by atoms with van der Waals surface area (Å²) in [7, 11) is 0. The summed E-state index contributed by atoms with van der Waals surface area (Å²) in [6.45, 7) is 0.343. The summed E-state index contributed by atoms with van der Waals surface area (Å²) in [6.07, 6.45) is 6.06. The van der Waals surface area contributed by atoms with Gasteiger partial charge in [0.15, 0.2) is 0 Å². The van der Waals surface area contributed by atoms with E-state index in [1.165, 1.54) is 31.4 Å². The lowest BCUT2D eigenvalue weighted by Crippen LogP contribution is -2.30. The highest BCUT2D eigenvalue weighted by atomic mass is 19.1. The van der Waals surface area contributed by atoms with E-state index in [-0.39, 0.29) is 18.1 Å². The minimum Gasteiger partial charge on any atom is -0.384 e. The van der Waals surface area contributed by atoms with Gasteiger partial charge in [0.1, 0.15) is 12.4 Å². The summed E-state index contributed by atoms with van der Waals surface area (Å²) < 4.78 is 13.8. The van der Waals surface area contributed by atoms with Crippen LogP contribution >= 0.6 is 0 Å². The normalized spacial score (nSPS) is 15.1. The van der Waals surface area contributed by atoms with Gasteiger partial charge in [-0.2, -0.15) is 0 Å². The summed E-state index contributed by atoms with van der Waals surface area (Å²) in [5, 5.41) is 11.5. The maximum Gasteiger partial charge on any atom is 0.251 e. The number of carbonyl (C=O) groups excluding carboxylic acids is 1. The van der Waals surface area contributed by atoms with E-state index in [0.29, 0.717) is 18.0 Å². The van der Waals surface area contributed by atoms with Gasteiger partial charge in [0, 0.05) is 12.1 Å². The standard InChI is InChI=1S/C17H20FNO2/c18-16-11-15(9-8-14(16)7-4-10-20)17(21)19-12-13-5-2-1-3-6-13/h8-9,11,13,20H,1-3,5-6,10,12H2,(H,19,21). The van der Waals surface area contributed by atoms with Crippen molar-refractivity contribution >= 4 is 5.91 Å². The van der Waals surface area contributed by atoms with Crippen LogP contribution < -0.4 is 5.32 Å². The maximum absolute atomic E-state index is 13.8. The SMILES string of the molecule is O=C(NCC1CCCCC1)c1ccc(C#CCO)c(F)c1. The molecule has 0 radical (unpaired) electrons. The summed E-state index contributed by atoms with van der Waals surface area (Å²) in [5.74, 6) is 4.65. The second kappa shape index (κ2) is 7.80. The number of nitrogens with one attached hydrogen (secondary N) is 1. The number of hydrogen-bond acceptors (Lipinski definition) is 2. The van der Waals surface area contributed by atoms with E-state index in [4.69, 9.17) is 5.11 Å². The summed E-state index contributed by atoms with van der Waals surface area (Å²) in [6, 6.07) is 4.21. The molecular formula is C17H20FNO2. The number of hydrogen-bond donors (Lipinski definition) is 2. The first kappa shape index (κ1) is 15.5. The van der Waals surface area contributed by atoms with E-state index in [9.17, 15) is 9.18 Å². The molecule has 1 aromatic carbocycles. The third-order valence-corrected chi connectivity index (χ3v) is 3.81. The molecule has 0 bridgehead atoms. The van der Waals surface area contributed by atoms with Gasteiger partial charge in [-0.15, -0.1) is 0 Å². The fourth-order valence-electron chi connectivity index (χ4n) is 2.62. The molecular weight excluding hydrogens is 269 g/mol. The lowest BCUT2D eigenvalue weighted by Gasteiger charge is -2.21. The molecule has 1 amide bonds. The number of carbonyl (C=O) groups is 1. The van der Waals surface area contributed by atoms with Crippen molar-refractivity contribution in [2.75, 3.05) is 13.2 Å². The van der Waals surface area contributed by atoms with Gasteiger partial charge in [0.05, 0.1) is 5.56 Å². The Labute approximate surface area is 124 Å². The predicted octanol–water partition coefficient (Wildman–Crippen LogP) is 2.48. The third kappa shape index (κ3) is 4.57. The van der Waals surface area contributed by atoms with E-state index in [0.717, 1.165) is 12.8 Å². The van der Waals surface area contributed by atoms with Gasteiger partial charge in [-0.1, -0.05) is 31.1 Å². The van der Waals surface area contributed by atoms with Crippen LogP contribution in [0.1, 0.15) is 48.0 Å². The highest BCUT2D eigenvalue weighted by Gasteiger charge is 2.15. The Morgan fingerprint density at radius 3 is 2.76 bits per heavy atom. The number of rotatable bonds is 3. The molecule has 21 heavy (non-hydrogen) atoms. The van der Waals surface area contributed by atoms with Crippen molar-refractivity contribution in [3.8, 4) is 11.8 Å². The number of aliphatic hydroxyl groups excluding tert-OH is 1. The molecule has 0 aliphatic heterocycles. The van der Waals surface area contributed by atoms with E-state index in [1.807, 2.05) is 0 Å².